The Morgan fingerprint density at radius 1 is 1.00 bits per heavy atom. The van der Waals surface area contributed by atoms with Gasteiger partial charge in [-0.3, -0.25) is 19.3 Å². The lowest BCUT2D eigenvalue weighted by atomic mass is 9.81. The van der Waals surface area contributed by atoms with Crippen molar-refractivity contribution in [3.8, 4) is 0 Å². The Morgan fingerprint density at radius 3 is 2.12 bits per heavy atom. The molecule has 0 spiro atoms. The van der Waals surface area contributed by atoms with E-state index in [1.54, 1.807) is 12.1 Å². The molecule has 176 valence electrons. The molecule has 2 aromatic rings. The van der Waals surface area contributed by atoms with E-state index in [1.807, 2.05) is 26.0 Å². The minimum absolute atomic E-state index is 0.118. The summed E-state index contributed by atoms with van der Waals surface area (Å²) in [5.74, 6) is -1.07. The highest BCUT2D eigenvalue weighted by atomic mass is 79.9. The Balaban J connectivity index is 1.20. The van der Waals surface area contributed by atoms with Crippen LogP contribution in [0.5, 0.6) is 0 Å². The van der Waals surface area contributed by atoms with Gasteiger partial charge in [-0.2, -0.15) is 0 Å². The van der Waals surface area contributed by atoms with Gasteiger partial charge in [0.05, 0.1) is 23.1 Å². The number of aryl methyl sites for hydroxylation is 2. The molecule has 0 radical (unpaired) electrons. The molecule has 1 N–H and O–H groups in total. The average molecular weight is 525 g/mol. The molecule has 0 aromatic heterocycles. The largest absolute Gasteiger partial charge is 0.452 e. The minimum Gasteiger partial charge on any atom is -0.452 e. The summed E-state index contributed by atoms with van der Waals surface area (Å²) in [7, 11) is 0. The number of anilines is 2. The van der Waals surface area contributed by atoms with Crippen molar-refractivity contribution in [3.05, 3.63) is 57.6 Å². The highest BCUT2D eigenvalue weighted by Crippen LogP contribution is 2.56. The third kappa shape index (κ3) is 3.83. The van der Waals surface area contributed by atoms with Gasteiger partial charge in [0.2, 0.25) is 11.8 Å². The molecule has 2 aliphatic carbocycles. The van der Waals surface area contributed by atoms with Crippen molar-refractivity contribution >= 4 is 51.0 Å². The van der Waals surface area contributed by atoms with E-state index in [2.05, 4.69) is 21.2 Å². The Kier molecular flexibility index (Phi) is 5.80. The molecule has 4 atom stereocenters. The summed E-state index contributed by atoms with van der Waals surface area (Å²) in [6.07, 6.45) is 3.04. The summed E-state index contributed by atoms with van der Waals surface area (Å²) in [5.41, 5.74) is 3.31. The molecule has 1 heterocycles. The number of nitrogens with zero attached hydrogens (tertiary/aromatic N) is 1. The summed E-state index contributed by atoms with van der Waals surface area (Å²) >= 11 is 3.49. The van der Waals surface area contributed by atoms with Gasteiger partial charge in [-0.25, -0.2) is 4.79 Å². The number of carbonyl (C=O) groups is 4. The van der Waals surface area contributed by atoms with E-state index in [0.29, 0.717) is 23.2 Å². The van der Waals surface area contributed by atoms with E-state index in [0.717, 1.165) is 34.9 Å². The minimum atomic E-state index is -0.654. The Morgan fingerprint density at radius 2 is 1.56 bits per heavy atom. The number of fused-ring (bicyclic) bond motifs is 5. The third-order valence-electron chi connectivity index (χ3n) is 7.34. The topological polar surface area (TPSA) is 92.8 Å². The first kappa shape index (κ1) is 22.8. The molecule has 2 bridgehead atoms. The van der Waals surface area contributed by atoms with E-state index in [4.69, 9.17) is 4.74 Å². The number of hydrogen-bond donors (Lipinski definition) is 1. The molecule has 7 nitrogen and oxygen atoms in total. The van der Waals surface area contributed by atoms with Crippen LogP contribution >= 0.6 is 15.9 Å². The zero-order chi connectivity index (χ0) is 24.1. The van der Waals surface area contributed by atoms with Crippen molar-refractivity contribution in [1.82, 2.24) is 0 Å². The standard InChI is InChI=1S/C26H25BrN2O5/c1-13-9-18(10-14(2)23(13)27)28-20(30)12-34-26(33)15-5-7-19(8-6-15)29-24(31)21-16-3-4-17(11-16)22(21)25(29)32/h5-10,16-17,21-22H,3-4,11-12H2,1-2H3,(H,28,30)/t16-,17-,21+,22+/m0/s1. The van der Waals surface area contributed by atoms with Gasteiger partial charge in [0.25, 0.3) is 5.91 Å². The number of ether oxygens (including phenoxy) is 1. The van der Waals surface area contributed by atoms with Gasteiger partial charge in [0, 0.05) is 10.2 Å². The van der Waals surface area contributed by atoms with Crippen molar-refractivity contribution in [2.75, 3.05) is 16.8 Å². The van der Waals surface area contributed by atoms with Gasteiger partial charge in [-0.15, -0.1) is 0 Å². The van der Waals surface area contributed by atoms with Gasteiger partial charge in [0.15, 0.2) is 6.61 Å². The molecular formula is C26H25BrN2O5. The van der Waals surface area contributed by atoms with Gasteiger partial charge in [0.1, 0.15) is 0 Å². The molecular weight excluding hydrogens is 500 g/mol. The van der Waals surface area contributed by atoms with Crippen molar-refractivity contribution in [2.45, 2.75) is 33.1 Å². The van der Waals surface area contributed by atoms with Crippen LogP contribution in [0.4, 0.5) is 11.4 Å². The quantitative estimate of drug-likeness (QED) is 0.462. The summed E-state index contributed by atoms with van der Waals surface area (Å²) in [6.45, 7) is 3.43. The lowest BCUT2D eigenvalue weighted by molar-refractivity contribution is -0.123. The summed E-state index contributed by atoms with van der Waals surface area (Å²) < 4.78 is 6.12. The smallest absolute Gasteiger partial charge is 0.338 e. The molecule has 2 saturated carbocycles. The summed E-state index contributed by atoms with van der Waals surface area (Å²) in [5, 5.41) is 2.73. The van der Waals surface area contributed by atoms with Crippen LogP contribution in [-0.4, -0.2) is 30.3 Å². The second kappa shape index (κ2) is 8.65. The number of imide groups is 1. The molecule has 2 aromatic carbocycles. The fourth-order valence-corrected chi connectivity index (χ4v) is 6.07. The van der Waals surface area contributed by atoms with Crippen LogP contribution < -0.4 is 10.2 Å². The summed E-state index contributed by atoms with van der Waals surface area (Å²) in [4.78, 5) is 51.8. The van der Waals surface area contributed by atoms with E-state index < -0.39 is 18.5 Å². The third-order valence-corrected chi connectivity index (χ3v) is 8.59. The van der Waals surface area contributed by atoms with E-state index in [1.165, 1.54) is 17.0 Å². The number of benzene rings is 2. The van der Waals surface area contributed by atoms with Gasteiger partial charge >= 0.3 is 5.97 Å². The fraction of sp³-hybridized carbons (Fsp3) is 0.385. The first-order chi connectivity index (χ1) is 16.2. The van der Waals surface area contributed by atoms with Crippen molar-refractivity contribution in [1.29, 1.82) is 0 Å². The van der Waals surface area contributed by atoms with Gasteiger partial charge in [-0.1, -0.05) is 15.9 Å². The Labute approximate surface area is 206 Å². The van der Waals surface area contributed by atoms with Gasteiger partial charge in [-0.05, 0) is 92.5 Å². The molecule has 1 aliphatic heterocycles. The maximum absolute atomic E-state index is 13.0. The zero-order valence-corrected chi connectivity index (χ0v) is 20.6. The molecule has 3 amide bonds. The monoisotopic (exact) mass is 524 g/mol. The van der Waals surface area contributed by atoms with E-state index in [-0.39, 0.29) is 29.2 Å². The highest BCUT2D eigenvalue weighted by Gasteiger charge is 2.61. The Bertz CT molecular complexity index is 1160. The van der Waals surface area contributed by atoms with Gasteiger partial charge < -0.3 is 10.1 Å². The zero-order valence-electron chi connectivity index (χ0n) is 19.0. The van der Waals surface area contributed by atoms with E-state index >= 15 is 0 Å². The molecule has 3 fully saturated rings. The van der Waals surface area contributed by atoms with Crippen LogP contribution in [0.25, 0.3) is 0 Å². The molecule has 3 aliphatic rings. The number of carbonyl (C=O) groups excluding carboxylic acids is 4. The predicted octanol–water partition coefficient (Wildman–Crippen LogP) is 4.40. The van der Waals surface area contributed by atoms with Crippen LogP contribution in [0.3, 0.4) is 0 Å². The average Bonchev–Trinajstić information content (AvgIpc) is 3.49. The number of esters is 1. The second-order valence-corrected chi connectivity index (χ2v) is 10.3. The normalized spacial score (nSPS) is 25.0. The number of rotatable bonds is 5. The van der Waals surface area contributed by atoms with Crippen LogP contribution in [-0.2, 0) is 19.1 Å². The number of halogens is 1. The molecule has 34 heavy (non-hydrogen) atoms. The van der Waals surface area contributed by atoms with Crippen molar-refractivity contribution in [2.24, 2.45) is 23.7 Å². The maximum Gasteiger partial charge on any atom is 0.338 e. The fourth-order valence-electron chi connectivity index (χ4n) is 5.84. The number of amides is 3. The molecule has 5 rings (SSSR count). The maximum atomic E-state index is 13.0. The van der Waals surface area contributed by atoms with Crippen LogP contribution in [0.2, 0.25) is 0 Å². The Hall–Kier alpha value is -3.00. The van der Waals surface area contributed by atoms with Crippen LogP contribution in [0.15, 0.2) is 40.9 Å². The highest BCUT2D eigenvalue weighted by molar-refractivity contribution is 9.10. The predicted molar refractivity (Wildman–Crippen MR) is 129 cm³/mol. The SMILES string of the molecule is Cc1cc(NC(=O)COC(=O)c2ccc(N3C(=O)[C@@H]4[C@H]5CC[C@@H](C5)[C@H]4C3=O)cc2)cc(C)c1Br. The lowest BCUT2D eigenvalue weighted by Gasteiger charge is -2.19. The van der Waals surface area contributed by atoms with Crippen LogP contribution in [0.1, 0.15) is 40.7 Å². The number of hydrogen-bond acceptors (Lipinski definition) is 5. The number of nitrogens with one attached hydrogen (secondary N) is 1. The molecule has 8 heteroatoms. The molecule has 0 unspecified atom stereocenters. The van der Waals surface area contributed by atoms with Crippen molar-refractivity contribution < 1.29 is 23.9 Å². The van der Waals surface area contributed by atoms with E-state index in [9.17, 15) is 19.2 Å². The van der Waals surface area contributed by atoms with Crippen molar-refractivity contribution in [3.63, 3.8) is 0 Å². The van der Waals surface area contributed by atoms with Crippen LogP contribution in [0, 0.1) is 37.5 Å². The first-order valence-corrected chi connectivity index (χ1v) is 12.3. The second-order valence-electron chi connectivity index (χ2n) is 9.49. The lowest BCUT2D eigenvalue weighted by Crippen LogP contribution is -2.32. The molecule has 1 saturated heterocycles. The summed E-state index contributed by atoms with van der Waals surface area (Å²) in [6, 6.07) is 9.86. The first-order valence-electron chi connectivity index (χ1n) is 11.5.